The molecule has 0 saturated heterocycles. The Morgan fingerprint density at radius 1 is 0.389 bits per heavy atom. The topological polar surface area (TPSA) is 85.3 Å². The Labute approximate surface area is 208 Å². The summed E-state index contributed by atoms with van der Waals surface area (Å²) in [4.78, 5) is 66.1. The van der Waals surface area contributed by atoms with Crippen LogP contribution in [-0.2, 0) is 0 Å². The summed E-state index contributed by atoms with van der Waals surface area (Å²) < 4.78 is 0. The Hall–Kier alpha value is -4.77. The summed E-state index contributed by atoms with van der Waals surface area (Å²) in [5.74, 6) is -2.41. The molecule has 0 spiro atoms. The van der Waals surface area contributed by atoms with Gasteiger partial charge in [0.05, 0.1) is 0 Å². The second-order valence-corrected chi connectivity index (χ2v) is 8.29. The molecule has 0 bridgehead atoms. The predicted molar refractivity (Wildman–Crippen MR) is 136 cm³/mol. The molecule has 0 N–H and O–H groups in total. The van der Waals surface area contributed by atoms with E-state index in [1.807, 2.05) is 0 Å². The molecule has 36 heavy (non-hydrogen) atoms. The number of ketones is 5. The maximum atomic E-state index is 13.7. The van der Waals surface area contributed by atoms with Crippen LogP contribution in [0.4, 0.5) is 0 Å². The second-order valence-electron chi connectivity index (χ2n) is 8.29. The summed E-state index contributed by atoms with van der Waals surface area (Å²) in [5.41, 5.74) is 0.649. The molecule has 4 rings (SSSR count). The molecule has 0 saturated carbocycles. The minimum absolute atomic E-state index is 0.0247. The van der Waals surface area contributed by atoms with Crippen LogP contribution in [0.1, 0.15) is 82.3 Å². The van der Waals surface area contributed by atoms with E-state index in [1.165, 1.54) is 38.1 Å². The number of rotatable bonds is 8. The Bertz CT molecular complexity index is 1520. The minimum Gasteiger partial charge on any atom is -0.294 e. The van der Waals surface area contributed by atoms with Gasteiger partial charge < -0.3 is 0 Å². The van der Waals surface area contributed by atoms with E-state index >= 15 is 0 Å². The van der Waals surface area contributed by atoms with Gasteiger partial charge in [-0.05, 0) is 26.0 Å². The SMILES string of the molecule is CC(=O)c1ccccc1C(=O)c1ccc(C(=O)c2ccccc2)c(C(=O)c2ccccc2)c1C(C)=O. The number of hydrogen-bond acceptors (Lipinski definition) is 5. The molecule has 0 unspecified atom stereocenters. The van der Waals surface area contributed by atoms with Gasteiger partial charge in [-0.1, -0.05) is 84.9 Å². The summed E-state index contributed by atoms with van der Waals surface area (Å²) in [6.07, 6.45) is 0. The van der Waals surface area contributed by atoms with E-state index in [0.29, 0.717) is 5.56 Å². The lowest BCUT2D eigenvalue weighted by Crippen LogP contribution is -2.20. The molecule has 0 amide bonds. The van der Waals surface area contributed by atoms with E-state index in [1.54, 1.807) is 72.8 Å². The molecule has 0 aromatic heterocycles. The molecule has 0 aliphatic rings. The molecule has 0 aliphatic carbocycles. The first-order valence-corrected chi connectivity index (χ1v) is 11.3. The lowest BCUT2D eigenvalue weighted by Gasteiger charge is -2.17. The molecule has 0 fully saturated rings. The van der Waals surface area contributed by atoms with E-state index in [0.717, 1.165) is 0 Å². The van der Waals surface area contributed by atoms with Crippen molar-refractivity contribution in [3.05, 3.63) is 142 Å². The van der Waals surface area contributed by atoms with Crippen LogP contribution in [0.2, 0.25) is 0 Å². The minimum atomic E-state index is -0.577. The van der Waals surface area contributed by atoms with Crippen LogP contribution in [-0.4, -0.2) is 28.9 Å². The van der Waals surface area contributed by atoms with E-state index in [2.05, 4.69) is 0 Å². The molecule has 0 atom stereocenters. The van der Waals surface area contributed by atoms with Crippen molar-refractivity contribution in [1.82, 2.24) is 0 Å². The van der Waals surface area contributed by atoms with Gasteiger partial charge in [0.25, 0.3) is 0 Å². The third kappa shape index (κ3) is 4.59. The Morgan fingerprint density at radius 2 is 0.833 bits per heavy atom. The maximum Gasteiger partial charge on any atom is 0.194 e. The van der Waals surface area contributed by atoms with Gasteiger partial charge in [-0.15, -0.1) is 0 Å². The smallest absolute Gasteiger partial charge is 0.194 e. The zero-order chi connectivity index (χ0) is 25.8. The van der Waals surface area contributed by atoms with Crippen molar-refractivity contribution in [2.45, 2.75) is 13.8 Å². The normalized spacial score (nSPS) is 10.5. The van der Waals surface area contributed by atoms with Crippen LogP contribution >= 0.6 is 0 Å². The van der Waals surface area contributed by atoms with Crippen LogP contribution < -0.4 is 0 Å². The first-order valence-electron chi connectivity index (χ1n) is 11.3. The zero-order valence-corrected chi connectivity index (χ0v) is 19.8. The van der Waals surface area contributed by atoms with Gasteiger partial charge in [0, 0.05) is 44.5 Å². The summed E-state index contributed by atoms with van der Waals surface area (Å²) in [5, 5.41) is 0. The number of benzene rings is 4. The zero-order valence-electron chi connectivity index (χ0n) is 19.8. The highest BCUT2D eigenvalue weighted by atomic mass is 16.1. The second kappa shape index (κ2) is 10.2. The lowest BCUT2D eigenvalue weighted by atomic mass is 9.83. The quantitative estimate of drug-likeness (QED) is 0.302. The summed E-state index contributed by atoms with van der Waals surface area (Å²) >= 11 is 0. The van der Waals surface area contributed by atoms with Crippen molar-refractivity contribution in [3.8, 4) is 0 Å². The third-order valence-electron chi connectivity index (χ3n) is 5.90. The van der Waals surface area contributed by atoms with Gasteiger partial charge in [0.2, 0.25) is 0 Å². The average Bonchev–Trinajstić information content (AvgIpc) is 2.91. The highest BCUT2D eigenvalue weighted by molar-refractivity contribution is 6.27. The van der Waals surface area contributed by atoms with E-state index in [9.17, 15) is 24.0 Å². The third-order valence-corrected chi connectivity index (χ3v) is 5.90. The van der Waals surface area contributed by atoms with E-state index in [4.69, 9.17) is 0 Å². The molecule has 0 aliphatic heterocycles. The van der Waals surface area contributed by atoms with Gasteiger partial charge in [-0.25, -0.2) is 0 Å². The van der Waals surface area contributed by atoms with Crippen molar-refractivity contribution in [1.29, 1.82) is 0 Å². The summed E-state index contributed by atoms with van der Waals surface area (Å²) in [6, 6.07) is 25.8. The van der Waals surface area contributed by atoms with Crippen molar-refractivity contribution >= 4 is 28.9 Å². The van der Waals surface area contributed by atoms with E-state index in [-0.39, 0.29) is 44.7 Å². The fourth-order valence-electron chi connectivity index (χ4n) is 4.19. The monoisotopic (exact) mass is 474 g/mol. The fraction of sp³-hybridized carbons (Fsp3) is 0.0645. The van der Waals surface area contributed by atoms with Crippen LogP contribution in [0, 0.1) is 0 Å². The lowest BCUT2D eigenvalue weighted by molar-refractivity contribution is 0.0969. The first-order chi connectivity index (χ1) is 17.3. The van der Waals surface area contributed by atoms with Crippen molar-refractivity contribution in [2.24, 2.45) is 0 Å². The van der Waals surface area contributed by atoms with Gasteiger partial charge in [0.1, 0.15) is 0 Å². The molecular weight excluding hydrogens is 452 g/mol. The predicted octanol–water partition coefficient (Wildman–Crippen LogP) is 5.78. The maximum absolute atomic E-state index is 13.7. The highest BCUT2D eigenvalue weighted by Crippen LogP contribution is 2.28. The highest BCUT2D eigenvalue weighted by Gasteiger charge is 2.30. The van der Waals surface area contributed by atoms with Gasteiger partial charge in [0.15, 0.2) is 28.9 Å². The molecule has 176 valence electrons. The standard InChI is InChI=1S/C31H22O5/c1-19(32)23-15-9-10-16-24(23)31(36)25-17-18-26(29(34)21-11-5-3-6-12-21)28(27(25)20(2)33)30(35)22-13-7-4-8-14-22/h3-18H,1-2H3. The summed E-state index contributed by atoms with van der Waals surface area (Å²) in [6.45, 7) is 2.60. The number of Topliss-reactive ketones (excluding diaryl/α,β-unsaturated/α-hetero) is 2. The Kier molecular flexibility index (Phi) is 6.93. The summed E-state index contributed by atoms with van der Waals surface area (Å²) in [7, 11) is 0. The molecule has 4 aromatic carbocycles. The molecule has 0 radical (unpaired) electrons. The Balaban J connectivity index is 2.01. The molecule has 5 heteroatoms. The Morgan fingerprint density at radius 3 is 1.33 bits per heavy atom. The largest absolute Gasteiger partial charge is 0.294 e. The average molecular weight is 475 g/mol. The number of hydrogen-bond donors (Lipinski definition) is 0. The number of carbonyl (C=O) groups excluding carboxylic acids is 5. The molecule has 4 aromatic rings. The first kappa shape index (κ1) is 24.4. The van der Waals surface area contributed by atoms with Crippen molar-refractivity contribution < 1.29 is 24.0 Å². The van der Waals surface area contributed by atoms with Crippen LogP contribution in [0.3, 0.4) is 0 Å². The molecule has 5 nitrogen and oxygen atoms in total. The van der Waals surface area contributed by atoms with E-state index < -0.39 is 23.1 Å². The van der Waals surface area contributed by atoms with Crippen LogP contribution in [0.25, 0.3) is 0 Å². The fourth-order valence-corrected chi connectivity index (χ4v) is 4.19. The van der Waals surface area contributed by atoms with Gasteiger partial charge in [-0.3, -0.25) is 24.0 Å². The van der Waals surface area contributed by atoms with Crippen LogP contribution in [0.5, 0.6) is 0 Å². The van der Waals surface area contributed by atoms with Crippen LogP contribution in [0.15, 0.2) is 97.1 Å². The van der Waals surface area contributed by atoms with Gasteiger partial charge >= 0.3 is 0 Å². The van der Waals surface area contributed by atoms with Gasteiger partial charge in [-0.2, -0.15) is 0 Å². The molecule has 0 heterocycles. The van der Waals surface area contributed by atoms with Crippen molar-refractivity contribution in [2.75, 3.05) is 0 Å². The molecular formula is C31H22O5. The van der Waals surface area contributed by atoms with Crippen molar-refractivity contribution in [3.63, 3.8) is 0 Å². The number of carbonyl (C=O) groups is 5.